The third-order valence-electron chi connectivity index (χ3n) is 2.89. The fourth-order valence-corrected chi connectivity index (χ4v) is 1.99. The minimum atomic E-state index is -0.239. The summed E-state index contributed by atoms with van der Waals surface area (Å²) in [7, 11) is 1.69. The van der Waals surface area contributed by atoms with Crippen LogP contribution in [0.3, 0.4) is 0 Å². The molecular weight excluding hydrogens is 290 g/mol. The average Bonchev–Trinajstić information content (AvgIpc) is 2.98. The van der Waals surface area contributed by atoms with Crippen LogP contribution in [0.2, 0.25) is 5.02 Å². The molecule has 2 aromatic rings. The van der Waals surface area contributed by atoms with E-state index in [1.54, 1.807) is 31.6 Å². The van der Waals surface area contributed by atoms with Crippen LogP contribution < -0.4 is 5.32 Å². The fourth-order valence-electron chi connectivity index (χ4n) is 1.81. The van der Waals surface area contributed by atoms with E-state index in [1.807, 2.05) is 0 Å². The lowest BCUT2D eigenvalue weighted by atomic mass is 10.3. The molecule has 0 aliphatic rings. The zero-order chi connectivity index (χ0) is 15.2. The number of hydrogen-bond acceptors (Lipinski definition) is 4. The minimum absolute atomic E-state index is 0.239. The minimum Gasteiger partial charge on any atom is -0.370 e. The number of halogens is 1. The Kier molecular flexibility index (Phi) is 5.16. The van der Waals surface area contributed by atoms with Crippen LogP contribution in [0.5, 0.6) is 0 Å². The zero-order valence-corrected chi connectivity index (χ0v) is 12.8. The maximum Gasteiger partial charge on any atom is 0.274 e. The van der Waals surface area contributed by atoms with Crippen molar-refractivity contribution >= 4 is 23.3 Å². The van der Waals surface area contributed by atoms with Gasteiger partial charge in [0.1, 0.15) is 17.3 Å². The molecule has 6 nitrogen and oxygen atoms in total. The first-order chi connectivity index (χ1) is 10.1. The molecule has 112 valence electrons. The van der Waals surface area contributed by atoms with Gasteiger partial charge in [0.05, 0.1) is 11.6 Å². The number of aromatic nitrogens is 3. The third-order valence-corrected chi connectivity index (χ3v) is 3.20. The van der Waals surface area contributed by atoms with Crippen molar-refractivity contribution in [2.45, 2.75) is 19.9 Å². The SMILES string of the molecule is CCCNc1ccc(Cl)c(C(=O)N(C)Cc2ncc[nH]2)n1. The van der Waals surface area contributed by atoms with Gasteiger partial charge >= 0.3 is 0 Å². The van der Waals surface area contributed by atoms with Gasteiger partial charge in [-0.05, 0) is 18.6 Å². The lowest BCUT2D eigenvalue weighted by Crippen LogP contribution is -2.28. The molecule has 0 saturated carbocycles. The predicted molar refractivity (Wildman–Crippen MR) is 82.4 cm³/mol. The van der Waals surface area contributed by atoms with E-state index in [9.17, 15) is 4.79 Å². The van der Waals surface area contributed by atoms with E-state index in [0.29, 0.717) is 23.2 Å². The molecule has 0 aliphatic carbocycles. The van der Waals surface area contributed by atoms with Crippen LogP contribution in [-0.4, -0.2) is 39.4 Å². The molecule has 21 heavy (non-hydrogen) atoms. The van der Waals surface area contributed by atoms with Gasteiger partial charge in [-0.25, -0.2) is 9.97 Å². The number of H-pyrrole nitrogens is 1. The maximum absolute atomic E-state index is 12.4. The molecule has 0 aliphatic heterocycles. The van der Waals surface area contributed by atoms with E-state index in [4.69, 9.17) is 11.6 Å². The summed E-state index contributed by atoms with van der Waals surface area (Å²) in [6, 6.07) is 3.45. The van der Waals surface area contributed by atoms with Crippen molar-refractivity contribution in [1.82, 2.24) is 19.9 Å². The van der Waals surface area contributed by atoms with Gasteiger partial charge in [-0.2, -0.15) is 0 Å². The standard InChI is InChI=1S/C14H18ClN5O/c1-3-6-16-11-5-4-10(15)13(19-11)14(21)20(2)9-12-17-7-8-18-12/h4-5,7-8H,3,6,9H2,1-2H3,(H,16,19)(H,17,18). The highest BCUT2D eigenvalue weighted by Crippen LogP contribution is 2.18. The molecule has 1 amide bonds. The number of carbonyl (C=O) groups excluding carboxylic acids is 1. The van der Waals surface area contributed by atoms with Crippen LogP contribution in [-0.2, 0) is 6.54 Å². The summed E-state index contributed by atoms with van der Waals surface area (Å²) >= 11 is 6.09. The van der Waals surface area contributed by atoms with Gasteiger partial charge in [0.2, 0.25) is 0 Å². The number of anilines is 1. The third kappa shape index (κ3) is 3.95. The molecule has 0 bridgehead atoms. The van der Waals surface area contributed by atoms with Crippen molar-refractivity contribution in [3.8, 4) is 0 Å². The first kappa shape index (κ1) is 15.3. The molecule has 2 heterocycles. The largest absolute Gasteiger partial charge is 0.370 e. The molecule has 7 heteroatoms. The Morgan fingerprint density at radius 2 is 2.29 bits per heavy atom. The van der Waals surface area contributed by atoms with Crippen LogP contribution in [0.15, 0.2) is 24.5 Å². The van der Waals surface area contributed by atoms with Crippen molar-refractivity contribution in [1.29, 1.82) is 0 Å². The average molecular weight is 308 g/mol. The number of carbonyl (C=O) groups is 1. The summed E-state index contributed by atoms with van der Waals surface area (Å²) in [5.41, 5.74) is 0.242. The quantitative estimate of drug-likeness (QED) is 0.860. The Balaban J connectivity index is 2.13. The van der Waals surface area contributed by atoms with Gasteiger partial charge in [-0.3, -0.25) is 4.79 Å². The Morgan fingerprint density at radius 1 is 1.48 bits per heavy atom. The van der Waals surface area contributed by atoms with Crippen LogP contribution in [0, 0.1) is 0 Å². The van der Waals surface area contributed by atoms with Crippen LogP contribution in [0.25, 0.3) is 0 Å². The smallest absolute Gasteiger partial charge is 0.274 e. The number of imidazole rings is 1. The van der Waals surface area contributed by atoms with Crippen molar-refractivity contribution in [3.05, 3.63) is 41.1 Å². The molecule has 0 saturated heterocycles. The predicted octanol–water partition coefficient (Wildman–Crippen LogP) is 2.55. The normalized spacial score (nSPS) is 10.4. The molecule has 0 radical (unpaired) electrons. The lowest BCUT2D eigenvalue weighted by Gasteiger charge is -2.16. The first-order valence-corrected chi connectivity index (χ1v) is 7.13. The summed E-state index contributed by atoms with van der Waals surface area (Å²) < 4.78 is 0. The number of nitrogens with one attached hydrogen (secondary N) is 2. The van der Waals surface area contributed by atoms with E-state index in [0.717, 1.165) is 13.0 Å². The van der Waals surface area contributed by atoms with E-state index >= 15 is 0 Å². The first-order valence-electron chi connectivity index (χ1n) is 6.76. The van der Waals surface area contributed by atoms with E-state index < -0.39 is 0 Å². The van der Waals surface area contributed by atoms with Gasteiger partial charge in [-0.15, -0.1) is 0 Å². The fraction of sp³-hybridized carbons (Fsp3) is 0.357. The van der Waals surface area contributed by atoms with Crippen LogP contribution >= 0.6 is 11.6 Å². The Morgan fingerprint density at radius 3 is 2.95 bits per heavy atom. The topological polar surface area (TPSA) is 73.9 Å². The molecule has 2 aromatic heterocycles. The molecule has 0 atom stereocenters. The summed E-state index contributed by atoms with van der Waals surface area (Å²) in [5, 5.41) is 3.48. The monoisotopic (exact) mass is 307 g/mol. The molecule has 0 fully saturated rings. The lowest BCUT2D eigenvalue weighted by molar-refractivity contribution is 0.0776. The van der Waals surface area contributed by atoms with Gasteiger partial charge in [-0.1, -0.05) is 18.5 Å². The Hall–Kier alpha value is -2.08. The molecule has 0 spiro atoms. The highest BCUT2D eigenvalue weighted by atomic mass is 35.5. The number of hydrogen-bond donors (Lipinski definition) is 2. The highest BCUT2D eigenvalue weighted by Gasteiger charge is 2.18. The van der Waals surface area contributed by atoms with Crippen LogP contribution in [0.1, 0.15) is 29.7 Å². The number of rotatable bonds is 6. The summed E-state index contributed by atoms with van der Waals surface area (Å²) in [6.07, 6.45) is 4.34. The number of aromatic amines is 1. The van der Waals surface area contributed by atoms with Gasteiger partial charge in [0.25, 0.3) is 5.91 Å². The van der Waals surface area contributed by atoms with Crippen LogP contribution in [0.4, 0.5) is 5.82 Å². The second-order valence-electron chi connectivity index (χ2n) is 4.65. The molecule has 2 rings (SSSR count). The molecule has 2 N–H and O–H groups in total. The summed E-state index contributed by atoms with van der Waals surface area (Å²) in [6.45, 7) is 3.23. The van der Waals surface area contributed by atoms with Crippen molar-refractivity contribution in [2.24, 2.45) is 0 Å². The van der Waals surface area contributed by atoms with Crippen molar-refractivity contribution in [2.75, 3.05) is 18.9 Å². The summed E-state index contributed by atoms with van der Waals surface area (Å²) in [5.74, 6) is 1.12. The second-order valence-corrected chi connectivity index (χ2v) is 5.06. The zero-order valence-electron chi connectivity index (χ0n) is 12.1. The highest BCUT2D eigenvalue weighted by molar-refractivity contribution is 6.33. The van der Waals surface area contributed by atoms with E-state index in [2.05, 4.69) is 27.2 Å². The number of pyridine rings is 1. The molecule has 0 unspecified atom stereocenters. The number of nitrogens with zero attached hydrogens (tertiary/aromatic N) is 3. The Bertz CT molecular complexity index is 599. The second kappa shape index (κ2) is 7.08. The maximum atomic E-state index is 12.4. The Labute approximate surface area is 128 Å². The van der Waals surface area contributed by atoms with Gasteiger partial charge in [0, 0.05) is 26.0 Å². The molecular formula is C14H18ClN5O. The number of amides is 1. The summed E-state index contributed by atoms with van der Waals surface area (Å²) in [4.78, 5) is 25.3. The van der Waals surface area contributed by atoms with E-state index in [1.165, 1.54) is 4.90 Å². The van der Waals surface area contributed by atoms with Gasteiger partial charge in [0.15, 0.2) is 0 Å². The molecule has 0 aromatic carbocycles. The van der Waals surface area contributed by atoms with E-state index in [-0.39, 0.29) is 11.6 Å². The van der Waals surface area contributed by atoms with Crippen molar-refractivity contribution < 1.29 is 4.79 Å². The van der Waals surface area contributed by atoms with Gasteiger partial charge < -0.3 is 15.2 Å². The van der Waals surface area contributed by atoms with Crippen molar-refractivity contribution in [3.63, 3.8) is 0 Å².